The van der Waals surface area contributed by atoms with E-state index in [1.807, 2.05) is 6.92 Å². The number of anilines is 1. The summed E-state index contributed by atoms with van der Waals surface area (Å²) >= 11 is 5.81. The molecule has 5 nitrogen and oxygen atoms in total. The molecule has 0 aromatic heterocycles. The van der Waals surface area contributed by atoms with E-state index in [1.54, 1.807) is 48.5 Å². The van der Waals surface area contributed by atoms with E-state index in [0.717, 1.165) is 12.8 Å². The number of carbonyl (C=O) groups excluding carboxylic acids is 2. The third-order valence-electron chi connectivity index (χ3n) is 3.34. The predicted molar refractivity (Wildman–Crippen MR) is 97.2 cm³/mol. The third-order valence-corrected chi connectivity index (χ3v) is 3.59. The molecule has 0 saturated heterocycles. The summed E-state index contributed by atoms with van der Waals surface area (Å²) in [6.07, 6.45) is 1.80. The van der Waals surface area contributed by atoms with Crippen LogP contribution in [0.25, 0.3) is 0 Å². The first-order valence-corrected chi connectivity index (χ1v) is 8.41. The van der Waals surface area contributed by atoms with Crippen LogP contribution >= 0.6 is 11.6 Å². The maximum absolute atomic E-state index is 12.2. The number of halogens is 1. The average molecular weight is 362 g/mol. The number of hydrogen-bond donors (Lipinski definition) is 1. The molecule has 1 amide bonds. The molecule has 0 aliphatic carbocycles. The Hall–Kier alpha value is -2.53. The van der Waals surface area contributed by atoms with Crippen LogP contribution in [0.2, 0.25) is 5.02 Å². The summed E-state index contributed by atoms with van der Waals surface area (Å²) in [4.78, 5) is 23.6. The SMILES string of the molecule is CCCCOC(=O)COc1ccc(C(=O)Nc2ccc(Cl)cc2)cc1. The fraction of sp³-hybridized carbons (Fsp3) is 0.263. The molecule has 0 atom stereocenters. The molecular weight excluding hydrogens is 342 g/mol. The second kappa shape index (κ2) is 9.69. The molecule has 0 bridgehead atoms. The van der Waals surface area contributed by atoms with Crippen LogP contribution in [-0.4, -0.2) is 25.1 Å². The number of hydrogen-bond acceptors (Lipinski definition) is 4. The maximum atomic E-state index is 12.2. The Morgan fingerprint density at radius 3 is 2.36 bits per heavy atom. The van der Waals surface area contributed by atoms with Gasteiger partial charge in [-0.05, 0) is 55.0 Å². The Morgan fingerprint density at radius 1 is 1.04 bits per heavy atom. The number of rotatable bonds is 8. The Morgan fingerprint density at radius 2 is 1.72 bits per heavy atom. The van der Waals surface area contributed by atoms with Gasteiger partial charge in [-0.15, -0.1) is 0 Å². The lowest BCUT2D eigenvalue weighted by molar-refractivity contribution is -0.146. The fourth-order valence-electron chi connectivity index (χ4n) is 1.95. The van der Waals surface area contributed by atoms with Crippen LogP contribution in [0.3, 0.4) is 0 Å². The van der Waals surface area contributed by atoms with E-state index in [9.17, 15) is 9.59 Å². The van der Waals surface area contributed by atoms with E-state index < -0.39 is 5.97 Å². The first-order chi connectivity index (χ1) is 12.1. The van der Waals surface area contributed by atoms with Crippen LogP contribution in [-0.2, 0) is 9.53 Å². The van der Waals surface area contributed by atoms with Gasteiger partial charge in [-0.25, -0.2) is 4.79 Å². The largest absolute Gasteiger partial charge is 0.482 e. The molecule has 25 heavy (non-hydrogen) atoms. The van der Waals surface area contributed by atoms with Gasteiger partial charge >= 0.3 is 5.97 Å². The number of amides is 1. The normalized spacial score (nSPS) is 10.2. The van der Waals surface area contributed by atoms with Crippen LogP contribution in [0.4, 0.5) is 5.69 Å². The quantitative estimate of drug-likeness (QED) is 0.562. The van der Waals surface area contributed by atoms with Crippen molar-refractivity contribution in [3.63, 3.8) is 0 Å². The third kappa shape index (κ3) is 6.47. The van der Waals surface area contributed by atoms with Gasteiger partial charge in [0.25, 0.3) is 5.91 Å². The van der Waals surface area contributed by atoms with Gasteiger partial charge in [0, 0.05) is 16.3 Å². The molecule has 2 aromatic rings. The van der Waals surface area contributed by atoms with Crippen molar-refractivity contribution in [3.05, 3.63) is 59.1 Å². The Bertz CT molecular complexity index is 698. The molecule has 6 heteroatoms. The summed E-state index contributed by atoms with van der Waals surface area (Å²) in [7, 11) is 0. The number of benzene rings is 2. The number of esters is 1. The van der Waals surface area contributed by atoms with E-state index >= 15 is 0 Å². The summed E-state index contributed by atoms with van der Waals surface area (Å²) in [6, 6.07) is 13.4. The smallest absolute Gasteiger partial charge is 0.344 e. The number of ether oxygens (including phenoxy) is 2. The van der Waals surface area contributed by atoms with Crippen LogP contribution in [0, 0.1) is 0 Å². The highest BCUT2D eigenvalue weighted by molar-refractivity contribution is 6.30. The van der Waals surface area contributed by atoms with Crippen LogP contribution in [0.15, 0.2) is 48.5 Å². The van der Waals surface area contributed by atoms with Gasteiger partial charge in [0.1, 0.15) is 5.75 Å². The van der Waals surface area contributed by atoms with Crippen molar-refractivity contribution in [1.82, 2.24) is 0 Å². The van der Waals surface area contributed by atoms with Gasteiger partial charge in [-0.1, -0.05) is 24.9 Å². The average Bonchev–Trinajstić information content (AvgIpc) is 2.62. The molecule has 0 aliphatic heterocycles. The Kier molecular flexibility index (Phi) is 7.29. The molecule has 2 aromatic carbocycles. The first kappa shape index (κ1) is 18.8. The van der Waals surface area contributed by atoms with E-state index in [4.69, 9.17) is 21.1 Å². The fourth-order valence-corrected chi connectivity index (χ4v) is 2.08. The number of nitrogens with one attached hydrogen (secondary N) is 1. The molecule has 0 aliphatic rings. The minimum atomic E-state index is -0.405. The highest BCUT2D eigenvalue weighted by Gasteiger charge is 2.08. The maximum Gasteiger partial charge on any atom is 0.344 e. The zero-order valence-corrected chi connectivity index (χ0v) is 14.7. The number of carbonyl (C=O) groups is 2. The van der Waals surface area contributed by atoms with Gasteiger partial charge in [0.05, 0.1) is 6.61 Å². The van der Waals surface area contributed by atoms with Crippen molar-refractivity contribution in [3.8, 4) is 5.75 Å². The topological polar surface area (TPSA) is 64.6 Å². The van der Waals surface area contributed by atoms with E-state index in [2.05, 4.69) is 5.32 Å². The molecule has 132 valence electrons. The Labute approximate surface area is 151 Å². The molecular formula is C19H20ClNO4. The van der Waals surface area contributed by atoms with Gasteiger partial charge in [0.15, 0.2) is 6.61 Å². The lowest BCUT2D eigenvalue weighted by atomic mass is 10.2. The monoisotopic (exact) mass is 361 g/mol. The van der Waals surface area contributed by atoms with E-state index in [0.29, 0.717) is 28.6 Å². The van der Waals surface area contributed by atoms with Gasteiger partial charge < -0.3 is 14.8 Å². The standard InChI is InChI=1S/C19H20ClNO4/c1-2-3-12-24-18(22)13-25-17-10-4-14(5-11-17)19(23)21-16-8-6-15(20)7-9-16/h4-11H,2-3,12-13H2,1H3,(H,21,23). The minimum absolute atomic E-state index is 0.153. The Balaban J connectivity index is 1.83. The molecule has 0 heterocycles. The molecule has 0 unspecified atom stereocenters. The first-order valence-electron chi connectivity index (χ1n) is 8.04. The lowest BCUT2D eigenvalue weighted by Gasteiger charge is -2.08. The second-order valence-electron chi connectivity index (χ2n) is 5.35. The van der Waals surface area contributed by atoms with Crippen molar-refractivity contribution in [2.75, 3.05) is 18.5 Å². The summed E-state index contributed by atoms with van der Waals surface area (Å²) < 4.78 is 10.3. The zero-order chi connectivity index (χ0) is 18.1. The van der Waals surface area contributed by atoms with Crippen molar-refractivity contribution in [2.24, 2.45) is 0 Å². The van der Waals surface area contributed by atoms with Gasteiger partial charge in [-0.2, -0.15) is 0 Å². The highest BCUT2D eigenvalue weighted by Crippen LogP contribution is 2.16. The highest BCUT2D eigenvalue weighted by atomic mass is 35.5. The van der Waals surface area contributed by atoms with Crippen molar-refractivity contribution in [1.29, 1.82) is 0 Å². The molecule has 0 fully saturated rings. The summed E-state index contributed by atoms with van der Waals surface area (Å²) in [5.74, 6) is -0.152. The van der Waals surface area contributed by atoms with Gasteiger partial charge in [-0.3, -0.25) is 4.79 Å². The minimum Gasteiger partial charge on any atom is -0.482 e. The van der Waals surface area contributed by atoms with Crippen molar-refractivity contribution < 1.29 is 19.1 Å². The van der Waals surface area contributed by atoms with Crippen molar-refractivity contribution >= 4 is 29.2 Å². The molecule has 2 rings (SSSR count). The zero-order valence-electron chi connectivity index (χ0n) is 14.0. The summed E-state index contributed by atoms with van der Waals surface area (Å²) in [6.45, 7) is 2.28. The summed E-state index contributed by atoms with van der Waals surface area (Å²) in [5, 5.41) is 3.38. The summed E-state index contributed by atoms with van der Waals surface area (Å²) in [5.41, 5.74) is 1.14. The molecule has 0 saturated carbocycles. The van der Waals surface area contributed by atoms with Gasteiger partial charge in [0.2, 0.25) is 0 Å². The number of unbranched alkanes of at least 4 members (excludes halogenated alkanes) is 1. The van der Waals surface area contributed by atoms with Crippen LogP contribution in [0.5, 0.6) is 5.75 Å². The molecule has 1 N–H and O–H groups in total. The molecule has 0 radical (unpaired) electrons. The van der Waals surface area contributed by atoms with E-state index in [1.165, 1.54) is 0 Å². The predicted octanol–water partition coefficient (Wildman–Crippen LogP) is 4.31. The lowest BCUT2D eigenvalue weighted by Crippen LogP contribution is -2.15. The second-order valence-corrected chi connectivity index (χ2v) is 5.78. The molecule has 0 spiro atoms. The van der Waals surface area contributed by atoms with E-state index in [-0.39, 0.29) is 12.5 Å². The van der Waals surface area contributed by atoms with Crippen LogP contribution < -0.4 is 10.1 Å². The van der Waals surface area contributed by atoms with Crippen LogP contribution in [0.1, 0.15) is 30.1 Å². The van der Waals surface area contributed by atoms with Crippen molar-refractivity contribution in [2.45, 2.75) is 19.8 Å².